The van der Waals surface area contributed by atoms with Crippen molar-refractivity contribution in [3.8, 4) is 0 Å². The van der Waals surface area contributed by atoms with Crippen LogP contribution in [-0.2, 0) is 6.54 Å². The maximum atomic E-state index is 6.08. The predicted molar refractivity (Wildman–Crippen MR) is 65.9 cm³/mol. The first kappa shape index (κ1) is 11.1. The van der Waals surface area contributed by atoms with E-state index >= 15 is 0 Å². The van der Waals surface area contributed by atoms with Crippen molar-refractivity contribution in [1.29, 1.82) is 0 Å². The zero-order valence-corrected chi connectivity index (χ0v) is 10.3. The molecule has 3 unspecified atom stereocenters. The fourth-order valence-corrected chi connectivity index (χ4v) is 2.97. The second-order valence-corrected chi connectivity index (χ2v) is 5.43. The summed E-state index contributed by atoms with van der Waals surface area (Å²) in [6.07, 6.45) is 1.13. The van der Waals surface area contributed by atoms with E-state index in [4.69, 9.17) is 5.73 Å². The second-order valence-electron chi connectivity index (χ2n) is 4.65. The SMILES string of the molecule is CC1C(N)CCN(Cc2ccsc2)C1C. The van der Waals surface area contributed by atoms with E-state index in [-0.39, 0.29) is 0 Å². The Morgan fingerprint density at radius 3 is 3.00 bits per heavy atom. The van der Waals surface area contributed by atoms with Gasteiger partial charge in [-0.15, -0.1) is 0 Å². The van der Waals surface area contributed by atoms with E-state index in [0.717, 1.165) is 19.5 Å². The van der Waals surface area contributed by atoms with Crippen LogP contribution in [-0.4, -0.2) is 23.5 Å². The van der Waals surface area contributed by atoms with Crippen LogP contribution in [0.15, 0.2) is 16.8 Å². The molecule has 0 aromatic carbocycles. The first-order valence-electron chi connectivity index (χ1n) is 5.69. The smallest absolute Gasteiger partial charge is 0.0244 e. The molecule has 84 valence electrons. The predicted octanol–water partition coefficient (Wildman–Crippen LogP) is 2.31. The fourth-order valence-electron chi connectivity index (χ4n) is 2.31. The Bertz CT molecular complexity index is 297. The number of hydrogen-bond donors (Lipinski definition) is 1. The van der Waals surface area contributed by atoms with Crippen molar-refractivity contribution in [3.63, 3.8) is 0 Å². The molecule has 1 fully saturated rings. The Balaban J connectivity index is 1.98. The lowest BCUT2D eigenvalue weighted by Gasteiger charge is -2.41. The molecular formula is C12H20N2S. The molecule has 1 aliphatic rings. The lowest BCUT2D eigenvalue weighted by atomic mass is 9.87. The summed E-state index contributed by atoms with van der Waals surface area (Å²) >= 11 is 1.78. The van der Waals surface area contributed by atoms with Crippen molar-refractivity contribution < 1.29 is 0 Å². The van der Waals surface area contributed by atoms with E-state index in [0.29, 0.717) is 18.0 Å². The Hall–Kier alpha value is -0.380. The average Bonchev–Trinajstić information content (AvgIpc) is 2.72. The molecule has 0 spiro atoms. The molecule has 0 bridgehead atoms. The van der Waals surface area contributed by atoms with Gasteiger partial charge in [-0.3, -0.25) is 4.90 Å². The second kappa shape index (κ2) is 4.64. The van der Waals surface area contributed by atoms with Crippen LogP contribution >= 0.6 is 11.3 Å². The highest BCUT2D eigenvalue weighted by Crippen LogP contribution is 2.24. The summed E-state index contributed by atoms with van der Waals surface area (Å²) in [4.78, 5) is 2.55. The number of thiophene rings is 1. The molecule has 3 atom stereocenters. The minimum Gasteiger partial charge on any atom is -0.327 e. The summed E-state index contributed by atoms with van der Waals surface area (Å²) in [6.45, 7) is 6.80. The highest BCUT2D eigenvalue weighted by Gasteiger charge is 2.29. The molecule has 15 heavy (non-hydrogen) atoms. The van der Waals surface area contributed by atoms with Crippen LogP contribution in [0.3, 0.4) is 0 Å². The summed E-state index contributed by atoms with van der Waals surface area (Å²) in [5.41, 5.74) is 7.52. The van der Waals surface area contributed by atoms with Gasteiger partial charge in [0.2, 0.25) is 0 Å². The summed E-state index contributed by atoms with van der Waals surface area (Å²) < 4.78 is 0. The normalized spacial score (nSPS) is 33.1. The van der Waals surface area contributed by atoms with Gasteiger partial charge in [-0.25, -0.2) is 0 Å². The van der Waals surface area contributed by atoms with E-state index < -0.39 is 0 Å². The number of hydrogen-bond acceptors (Lipinski definition) is 3. The summed E-state index contributed by atoms with van der Waals surface area (Å²) in [5, 5.41) is 4.39. The largest absolute Gasteiger partial charge is 0.327 e. The molecule has 2 heterocycles. The minimum absolute atomic E-state index is 0.388. The van der Waals surface area contributed by atoms with Crippen molar-refractivity contribution >= 4 is 11.3 Å². The van der Waals surface area contributed by atoms with Gasteiger partial charge in [-0.05, 0) is 41.7 Å². The van der Waals surface area contributed by atoms with Crippen molar-refractivity contribution in [2.24, 2.45) is 11.7 Å². The summed E-state index contributed by atoms with van der Waals surface area (Å²) in [5.74, 6) is 0.609. The van der Waals surface area contributed by atoms with E-state index in [2.05, 4.69) is 35.6 Å². The molecule has 1 aromatic rings. The van der Waals surface area contributed by atoms with Gasteiger partial charge < -0.3 is 5.73 Å². The van der Waals surface area contributed by atoms with Gasteiger partial charge in [-0.2, -0.15) is 11.3 Å². The number of rotatable bonds is 2. The van der Waals surface area contributed by atoms with Gasteiger partial charge in [0.05, 0.1) is 0 Å². The first-order valence-corrected chi connectivity index (χ1v) is 6.63. The number of piperidine rings is 1. The van der Waals surface area contributed by atoms with Crippen LogP contribution in [0.2, 0.25) is 0 Å². The minimum atomic E-state index is 0.388. The first-order chi connectivity index (χ1) is 7.18. The zero-order chi connectivity index (χ0) is 10.8. The van der Waals surface area contributed by atoms with Crippen LogP contribution in [0.5, 0.6) is 0 Å². The fraction of sp³-hybridized carbons (Fsp3) is 0.667. The molecule has 0 radical (unpaired) electrons. The van der Waals surface area contributed by atoms with E-state index in [1.165, 1.54) is 5.56 Å². The summed E-state index contributed by atoms with van der Waals surface area (Å²) in [7, 11) is 0. The van der Waals surface area contributed by atoms with Crippen molar-refractivity contribution in [3.05, 3.63) is 22.4 Å². The van der Waals surface area contributed by atoms with Gasteiger partial charge >= 0.3 is 0 Å². The van der Waals surface area contributed by atoms with Crippen LogP contribution in [0, 0.1) is 5.92 Å². The Labute approximate surface area is 96.1 Å². The van der Waals surface area contributed by atoms with Crippen LogP contribution < -0.4 is 5.73 Å². The zero-order valence-electron chi connectivity index (χ0n) is 9.52. The molecule has 2 nitrogen and oxygen atoms in total. The Kier molecular flexibility index (Phi) is 3.44. The van der Waals surface area contributed by atoms with Gasteiger partial charge in [0.25, 0.3) is 0 Å². The number of nitrogens with zero attached hydrogens (tertiary/aromatic N) is 1. The molecule has 2 rings (SSSR count). The van der Waals surface area contributed by atoms with Gasteiger partial charge in [0.15, 0.2) is 0 Å². The monoisotopic (exact) mass is 224 g/mol. The van der Waals surface area contributed by atoms with Gasteiger partial charge in [0, 0.05) is 25.2 Å². The molecule has 1 saturated heterocycles. The molecule has 0 saturated carbocycles. The quantitative estimate of drug-likeness (QED) is 0.835. The van der Waals surface area contributed by atoms with Crippen LogP contribution in [0.4, 0.5) is 0 Å². The third-order valence-corrected chi connectivity index (χ3v) is 4.46. The van der Waals surface area contributed by atoms with E-state index in [9.17, 15) is 0 Å². The number of likely N-dealkylation sites (tertiary alicyclic amines) is 1. The third kappa shape index (κ3) is 2.41. The van der Waals surface area contributed by atoms with Crippen LogP contribution in [0.25, 0.3) is 0 Å². The topological polar surface area (TPSA) is 29.3 Å². The lowest BCUT2D eigenvalue weighted by molar-refractivity contribution is 0.0911. The molecule has 1 aromatic heterocycles. The van der Waals surface area contributed by atoms with Gasteiger partial charge in [-0.1, -0.05) is 6.92 Å². The molecule has 1 aliphatic heterocycles. The van der Waals surface area contributed by atoms with Crippen molar-refractivity contribution in [2.75, 3.05) is 6.54 Å². The Morgan fingerprint density at radius 2 is 2.33 bits per heavy atom. The lowest BCUT2D eigenvalue weighted by Crippen LogP contribution is -2.51. The highest BCUT2D eigenvalue weighted by molar-refractivity contribution is 7.07. The average molecular weight is 224 g/mol. The molecule has 0 aliphatic carbocycles. The van der Waals surface area contributed by atoms with Crippen molar-refractivity contribution in [2.45, 2.75) is 38.9 Å². The molecule has 2 N–H and O–H groups in total. The molecule has 3 heteroatoms. The highest BCUT2D eigenvalue weighted by atomic mass is 32.1. The van der Waals surface area contributed by atoms with E-state index in [1.807, 2.05) is 0 Å². The maximum absolute atomic E-state index is 6.08. The molecular weight excluding hydrogens is 204 g/mol. The maximum Gasteiger partial charge on any atom is 0.0244 e. The number of nitrogens with two attached hydrogens (primary N) is 1. The van der Waals surface area contributed by atoms with E-state index in [1.54, 1.807) is 11.3 Å². The van der Waals surface area contributed by atoms with Gasteiger partial charge in [0.1, 0.15) is 0 Å². The summed E-state index contributed by atoms with van der Waals surface area (Å²) in [6, 6.07) is 3.21. The third-order valence-electron chi connectivity index (χ3n) is 3.73. The standard InChI is InChI=1S/C12H20N2S/c1-9-10(2)14(5-3-12(9)13)7-11-4-6-15-8-11/h4,6,8-10,12H,3,5,7,13H2,1-2H3. The van der Waals surface area contributed by atoms with Crippen LogP contribution in [0.1, 0.15) is 25.8 Å². The molecule has 0 amide bonds. The Morgan fingerprint density at radius 1 is 1.53 bits per heavy atom. The van der Waals surface area contributed by atoms with Crippen molar-refractivity contribution in [1.82, 2.24) is 4.90 Å².